The highest BCUT2D eigenvalue weighted by Gasteiger charge is 2.14. The van der Waals surface area contributed by atoms with Crippen molar-refractivity contribution in [1.29, 1.82) is 5.26 Å². The van der Waals surface area contributed by atoms with Crippen LogP contribution in [0.1, 0.15) is 35.9 Å². The molecule has 1 amide bonds. The van der Waals surface area contributed by atoms with Crippen molar-refractivity contribution in [2.75, 3.05) is 11.9 Å². The van der Waals surface area contributed by atoms with E-state index in [0.717, 1.165) is 5.01 Å². The van der Waals surface area contributed by atoms with Crippen LogP contribution < -0.4 is 20.3 Å². The number of fused-ring (bicyclic) bond motifs is 1. The molecule has 1 aromatic carbocycles. The number of benzene rings is 1. The highest BCUT2D eigenvalue weighted by molar-refractivity contribution is 7.16. The predicted octanol–water partition coefficient (Wildman–Crippen LogP) is 3.53. The number of amides is 1. The predicted molar refractivity (Wildman–Crippen MR) is 132 cm³/mol. The number of carbonyl (C=O) groups is 1. The fourth-order valence-corrected chi connectivity index (χ4v) is 4.05. The number of carbonyl (C=O) groups excluding carboxylic acids is 1. The van der Waals surface area contributed by atoms with E-state index < -0.39 is 5.91 Å². The average Bonchev–Trinajstić information content (AvgIpc) is 3.47. The SMILES string of the molecule is CCOc1cc(/C=C(/C#N)C(=O)Nc2cc(C)on2)ccc1OCc1cc(=O)n2nc(CC)sc2n1. The minimum atomic E-state index is -0.619. The maximum atomic E-state index is 12.5. The lowest BCUT2D eigenvalue weighted by atomic mass is 10.1. The molecule has 0 unspecified atom stereocenters. The lowest BCUT2D eigenvalue weighted by Gasteiger charge is -2.12. The third-order valence-electron chi connectivity index (χ3n) is 4.83. The number of aromatic nitrogens is 4. The Hall–Kier alpha value is -4.50. The van der Waals surface area contributed by atoms with Crippen LogP contribution in [0.3, 0.4) is 0 Å². The van der Waals surface area contributed by atoms with E-state index >= 15 is 0 Å². The van der Waals surface area contributed by atoms with Crippen LogP contribution in [0, 0.1) is 18.3 Å². The second kappa shape index (κ2) is 10.8. The third kappa shape index (κ3) is 5.59. The molecule has 0 saturated carbocycles. The molecule has 3 heterocycles. The molecule has 4 rings (SSSR count). The van der Waals surface area contributed by atoms with Gasteiger partial charge in [0.05, 0.1) is 12.3 Å². The van der Waals surface area contributed by atoms with E-state index in [9.17, 15) is 14.9 Å². The first-order valence-electron chi connectivity index (χ1n) is 11.0. The van der Waals surface area contributed by atoms with Crippen molar-refractivity contribution >= 4 is 34.1 Å². The molecule has 0 spiro atoms. The Bertz CT molecular complexity index is 1540. The summed E-state index contributed by atoms with van der Waals surface area (Å²) >= 11 is 1.36. The van der Waals surface area contributed by atoms with Gasteiger partial charge in [0.25, 0.3) is 11.5 Å². The van der Waals surface area contributed by atoms with Gasteiger partial charge in [0.1, 0.15) is 29.0 Å². The van der Waals surface area contributed by atoms with Gasteiger partial charge in [0.2, 0.25) is 4.96 Å². The van der Waals surface area contributed by atoms with Crippen molar-refractivity contribution in [3.05, 3.63) is 68.3 Å². The van der Waals surface area contributed by atoms with Gasteiger partial charge in [-0.05, 0) is 44.0 Å². The molecule has 0 aliphatic heterocycles. The van der Waals surface area contributed by atoms with Gasteiger partial charge in [-0.1, -0.05) is 29.5 Å². The number of hydrogen-bond donors (Lipinski definition) is 1. The largest absolute Gasteiger partial charge is 0.490 e. The molecule has 0 saturated heterocycles. The van der Waals surface area contributed by atoms with Crippen molar-refractivity contribution in [2.45, 2.75) is 33.8 Å². The van der Waals surface area contributed by atoms with Gasteiger partial charge >= 0.3 is 0 Å². The molecule has 4 aromatic rings. The van der Waals surface area contributed by atoms with E-state index in [1.165, 1.54) is 28.0 Å². The molecule has 1 N–H and O–H groups in total. The molecule has 0 bridgehead atoms. The van der Waals surface area contributed by atoms with E-state index in [-0.39, 0.29) is 23.6 Å². The van der Waals surface area contributed by atoms with Crippen LogP contribution in [0.5, 0.6) is 11.5 Å². The summed E-state index contributed by atoms with van der Waals surface area (Å²) in [4.78, 5) is 29.8. The second-order valence-corrected chi connectivity index (χ2v) is 8.54. The molecule has 184 valence electrons. The molecule has 0 aliphatic carbocycles. The second-order valence-electron chi connectivity index (χ2n) is 7.50. The zero-order valence-electron chi connectivity index (χ0n) is 19.8. The van der Waals surface area contributed by atoms with Gasteiger partial charge in [-0.3, -0.25) is 9.59 Å². The van der Waals surface area contributed by atoms with Crippen molar-refractivity contribution in [2.24, 2.45) is 0 Å². The topological polar surface area (TPSA) is 145 Å². The zero-order valence-corrected chi connectivity index (χ0v) is 20.6. The fourth-order valence-electron chi connectivity index (χ4n) is 3.19. The molecule has 3 aromatic heterocycles. The van der Waals surface area contributed by atoms with Crippen LogP contribution in [0.2, 0.25) is 0 Å². The quantitative estimate of drug-likeness (QED) is 0.266. The van der Waals surface area contributed by atoms with Crippen molar-refractivity contribution in [3.8, 4) is 17.6 Å². The summed E-state index contributed by atoms with van der Waals surface area (Å²) in [6.45, 7) is 5.89. The first-order valence-corrected chi connectivity index (χ1v) is 11.9. The summed E-state index contributed by atoms with van der Waals surface area (Å²) in [6, 6.07) is 9.83. The van der Waals surface area contributed by atoms with Crippen molar-refractivity contribution < 1.29 is 18.8 Å². The van der Waals surface area contributed by atoms with Crippen LogP contribution in [-0.4, -0.2) is 32.3 Å². The maximum absolute atomic E-state index is 12.5. The van der Waals surface area contributed by atoms with Gasteiger partial charge in [-0.25, -0.2) is 4.98 Å². The molecule has 12 heteroatoms. The Balaban J connectivity index is 1.53. The number of nitrogens with zero attached hydrogens (tertiary/aromatic N) is 5. The molecule has 0 fully saturated rings. The summed E-state index contributed by atoms with van der Waals surface area (Å²) < 4.78 is 17.8. The zero-order chi connectivity index (χ0) is 25.7. The lowest BCUT2D eigenvalue weighted by molar-refractivity contribution is -0.112. The summed E-state index contributed by atoms with van der Waals surface area (Å²) in [6.07, 6.45) is 2.15. The summed E-state index contributed by atoms with van der Waals surface area (Å²) in [7, 11) is 0. The van der Waals surface area contributed by atoms with Crippen LogP contribution in [0.25, 0.3) is 11.0 Å². The Morgan fingerprint density at radius 2 is 2.08 bits per heavy atom. The minimum absolute atomic E-state index is 0.0450. The van der Waals surface area contributed by atoms with Gasteiger partial charge in [0.15, 0.2) is 17.3 Å². The highest BCUT2D eigenvalue weighted by atomic mass is 32.1. The monoisotopic (exact) mass is 506 g/mol. The molecule has 0 radical (unpaired) electrons. The molecule has 0 atom stereocenters. The van der Waals surface area contributed by atoms with Gasteiger partial charge in [-0.15, -0.1) is 0 Å². The van der Waals surface area contributed by atoms with E-state index in [0.29, 0.717) is 46.5 Å². The standard InChI is InChI=1S/C24H22N6O5S/c1-4-21-28-30-22(31)11-17(26-24(30)36-21)13-34-18-7-6-15(10-19(18)33-5-2)9-16(12-25)23(32)27-20-8-14(3)35-29-20/h6-11H,4-5,13H2,1-3H3,(H,27,29,32)/b16-9-. The van der Waals surface area contributed by atoms with Crippen LogP contribution in [0.15, 0.2) is 45.2 Å². The molecule has 0 aliphatic rings. The van der Waals surface area contributed by atoms with Crippen LogP contribution in [-0.2, 0) is 17.8 Å². The summed E-state index contributed by atoms with van der Waals surface area (Å²) in [5.41, 5.74) is 0.622. The Morgan fingerprint density at radius 3 is 2.78 bits per heavy atom. The highest BCUT2D eigenvalue weighted by Crippen LogP contribution is 2.30. The first kappa shape index (κ1) is 24.6. The smallest absolute Gasteiger partial charge is 0.275 e. The number of aryl methyl sites for hydroxylation is 2. The van der Waals surface area contributed by atoms with Gasteiger partial charge in [-0.2, -0.15) is 14.9 Å². The van der Waals surface area contributed by atoms with Crippen molar-refractivity contribution in [3.63, 3.8) is 0 Å². The van der Waals surface area contributed by atoms with E-state index in [1.807, 2.05) is 19.9 Å². The first-order chi connectivity index (χ1) is 17.4. The number of rotatable bonds is 9. The van der Waals surface area contributed by atoms with Gasteiger partial charge < -0.3 is 19.3 Å². The van der Waals surface area contributed by atoms with Crippen LogP contribution in [0.4, 0.5) is 5.82 Å². The third-order valence-corrected chi connectivity index (χ3v) is 5.88. The lowest BCUT2D eigenvalue weighted by Crippen LogP contribution is -2.16. The minimum Gasteiger partial charge on any atom is -0.490 e. The average molecular weight is 507 g/mol. The Morgan fingerprint density at radius 1 is 1.25 bits per heavy atom. The maximum Gasteiger partial charge on any atom is 0.275 e. The normalized spacial score (nSPS) is 11.3. The Kier molecular flexibility index (Phi) is 7.41. The van der Waals surface area contributed by atoms with E-state index in [2.05, 4.69) is 20.6 Å². The summed E-state index contributed by atoms with van der Waals surface area (Å²) in [5, 5.41) is 20.7. The number of anilines is 1. The van der Waals surface area contributed by atoms with Gasteiger partial charge in [0, 0.05) is 12.1 Å². The fraction of sp³-hybridized carbons (Fsp3) is 0.250. The molecule has 36 heavy (non-hydrogen) atoms. The number of hydrogen-bond acceptors (Lipinski definition) is 10. The molecular weight excluding hydrogens is 484 g/mol. The van der Waals surface area contributed by atoms with Crippen LogP contribution >= 0.6 is 11.3 Å². The molecular formula is C24H22N6O5S. The number of nitriles is 1. The summed E-state index contributed by atoms with van der Waals surface area (Å²) in [5.74, 6) is 0.970. The Labute approximate surface area is 209 Å². The van der Waals surface area contributed by atoms with E-state index in [1.54, 1.807) is 31.2 Å². The molecule has 11 nitrogen and oxygen atoms in total. The number of nitrogens with one attached hydrogen (secondary N) is 1. The van der Waals surface area contributed by atoms with Crippen molar-refractivity contribution in [1.82, 2.24) is 19.8 Å². The number of ether oxygens (including phenoxy) is 2. The van der Waals surface area contributed by atoms with E-state index in [4.69, 9.17) is 14.0 Å².